The molecule has 1 heterocycles. The molecule has 0 atom stereocenters. The quantitative estimate of drug-likeness (QED) is 0.783. The van der Waals surface area contributed by atoms with E-state index in [1.807, 2.05) is 0 Å². The summed E-state index contributed by atoms with van der Waals surface area (Å²) in [6, 6.07) is 3.47. The van der Waals surface area contributed by atoms with Crippen molar-refractivity contribution in [2.24, 2.45) is 0 Å². The summed E-state index contributed by atoms with van der Waals surface area (Å²) in [6.07, 6.45) is 3.51. The van der Waals surface area contributed by atoms with Crippen LogP contribution in [0.15, 0.2) is 18.3 Å². The molecule has 106 valence electrons. The second-order valence-corrected chi connectivity index (χ2v) is 4.36. The van der Waals surface area contributed by atoms with E-state index < -0.39 is 5.97 Å². The van der Waals surface area contributed by atoms with Crippen molar-refractivity contribution in [3.8, 4) is 0 Å². The lowest BCUT2D eigenvalue weighted by Gasteiger charge is -2.31. The summed E-state index contributed by atoms with van der Waals surface area (Å²) in [5.74, 6) is -0.231. The van der Waals surface area contributed by atoms with Crippen LogP contribution >= 0.6 is 0 Å². The number of nitrogens with zero attached hydrogens (tertiary/aromatic N) is 2. The minimum absolute atomic E-state index is 0.262. The summed E-state index contributed by atoms with van der Waals surface area (Å²) in [4.78, 5) is 17.4. The third-order valence-corrected chi connectivity index (χ3v) is 3.21. The molecule has 0 fully saturated rings. The number of hydrogen-bond donors (Lipinski definition) is 1. The van der Waals surface area contributed by atoms with E-state index in [0.29, 0.717) is 25.0 Å². The molecule has 0 bridgehead atoms. The van der Waals surface area contributed by atoms with Crippen molar-refractivity contribution in [2.45, 2.75) is 32.7 Å². The Morgan fingerprint density at radius 2 is 2.16 bits per heavy atom. The monoisotopic (exact) mass is 266 g/mol. The van der Waals surface area contributed by atoms with Gasteiger partial charge in [0.25, 0.3) is 0 Å². The second-order valence-electron chi connectivity index (χ2n) is 4.36. The highest BCUT2D eigenvalue weighted by Gasteiger charge is 2.17. The lowest BCUT2D eigenvalue weighted by atomic mass is 10.1. The van der Waals surface area contributed by atoms with Gasteiger partial charge in [0, 0.05) is 25.9 Å². The van der Waals surface area contributed by atoms with E-state index in [0.717, 1.165) is 12.8 Å². The first-order valence-electron chi connectivity index (χ1n) is 6.58. The number of rotatable bonds is 8. The molecule has 5 nitrogen and oxygen atoms in total. The number of carboxylic acid groups (broad SMARTS) is 1. The lowest BCUT2D eigenvalue weighted by Crippen LogP contribution is -2.37. The molecule has 1 aromatic heterocycles. The fourth-order valence-electron chi connectivity index (χ4n) is 2.11. The van der Waals surface area contributed by atoms with Crippen LogP contribution in [0, 0.1) is 0 Å². The van der Waals surface area contributed by atoms with Gasteiger partial charge >= 0.3 is 5.97 Å². The number of anilines is 1. The van der Waals surface area contributed by atoms with Crippen molar-refractivity contribution in [3.63, 3.8) is 0 Å². The van der Waals surface area contributed by atoms with Crippen molar-refractivity contribution in [1.82, 2.24) is 4.98 Å². The van der Waals surface area contributed by atoms with Crippen LogP contribution < -0.4 is 4.90 Å². The predicted octanol–water partition coefficient (Wildman–Crippen LogP) is 2.42. The van der Waals surface area contributed by atoms with Crippen LogP contribution in [0.1, 0.15) is 37.0 Å². The molecule has 1 aromatic rings. The molecule has 0 saturated carbocycles. The largest absolute Gasteiger partial charge is 0.478 e. The molecule has 0 aliphatic carbocycles. The standard InChI is InChI=1S/C14H22N2O3/c1-4-12(5-2)16(8-9-19-3)13-10-11(14(17)18)6-7-15-13/h6-7,10,12H,4-5,8-9H2,1-3H3,(H,17,18). The second kappa shape index (κ2) is 7.74. The number of aromatic nitrogens is 1. The summed E-state index contributed by atoms with van der Waals surface area (Å²) in [6.45, 7) is 5.54. The molecule has 19 heavy (non-hydrogen) atoms. The minimum Gasteiger partial charge on any atom is -0.478 e. The van der Waals surface area contributed by atoms with Crippen LogP contribution in [0.25, 0.3) is 0 Å². The highest BCUT2D eigenvalue weighted by Crippen LogP contribution is 2.19. The fourth-order valence-corrected chi connectivity index (χ4v) is 2.11. The summed E-state index contributed by atoms with van der Waals surface area (Å²) in [5, 5.41) is 9.05. The van der Waals surface area contributed by atoms with Gasteiger partial charge in [-0.3, -0.25) is 0 Å². The van der Waals surface area contributed by atoms with Gasteiger partial charge in [-0.05, 0) is 25.0 Å². The SMILES string of the molecule is CCC(CC)N(CCOC)c1cc(C(=O)O)ccn1. The summed E-state index contributed by atoms with van der Waals surface area (Å²) in [5.41, 5.74) is 0.262. The van der Waals surface area contributed by atoms with E-state index in [2.05, 4.69) is 23.7 Å². The maximum Gasteiger partial charge on any atom is 0.335 e. The van der Waals surface area contributed by atoms with Crippen LogP contribution in [-0.4, -0.2) is 42.4 Å². The van der Waals surface area contributed by atoms with Gasteiger partial charge < -0.3 is 14.7 Å². The van der Waals surface area contributed by atoms with E-state index in [4.69, 9.17) is 9.84 Å². The first-order chi connectivity index (χ1) is 9.13. The number of pyridine rings is 1. The van der Waals surface area contributed by atoms with Crippen molar-refractivity contribution >= 4 is 11.8 Å². The molecular weight excluding hydrogens is 244 g/mol. The van der Waals surface area contributed by atoms with Gasteiger partial charge in [0.2, 0.25) is 0 Å². The average molecular weight is 266 g/mol. The maximum absolute atomic E-state index is 11.0. The Morgan fingerprint density at radius 3 is 2.68 bits per heavy atom. The molecule has 0 saturated heterocycles. The van der Waals surface area contributed by atoms with E-state index in [-0.39, 0.29) is 5.56 Å². The molecule has 0 amide bonds. The van der Waals surface area contributed by atoms with Gasteiger partial charge in [0.05, 0.1) is 12.2 Å². The number of methoxy groups -OCH3 is 1. The molecule has 0 aromatic carbocycles. The maximum atomic E-state index is 11.0. The third kappa shape index (κ3) is 4.21. The van der Waals surface area contributed by atoms with Crippen LogP contribution in [0.2, 0.25) is 0 Å². The predicted molar refractivity (Wildman–Crippen MR) is 74.8 cm³/mol. The van der Waals surface area contributed by atoms with E-state index in [1.165, 1.54) is 6.07 Å². The summed E-state index contributed by atoms with van der Waals surface area (Å²) >= 11 is 0. The Morgan fingerprint density at radius 1 is 1.47 bits per heavy atom. The normalized spacial score (nSPS) is 10.7. The van der Waals surface area contributed by atoms with Gasteiger partial charge in [-0.25, -0.2) is 9.78 Å². The van der Waals surface area contributed by atoms with Crippen LogP contribution in [-0.2, 0) is 4.74 Å². The van der Waals surface area contributed by atoms with Crippen LogP contribution in [0.4, 0.5) is 5.82 Å². The lowest BCUT2D eigenvalue weighted by molar-refractivity contribution is 0.0697. The molecule has 0 unspecified atom stereocenters. The first-order valence-corrected chi connectivity index (χ1v) is 6.58. The zero-order valence-electron chi connectivity index (χ0n) is 11.8. The molecule has 1 rings (SSSR count). The Hall–Kier alpha value is -1.62. The van der Waals surface area contributed by atoms with Gasteiger partial charge in [-0.2, -0.15) is 0 Å². The average Bonchev–Trinajstić information content (AvgIpc) is 2.43. The van der Waals surface area contributed by atoms with Gasteiger partial charge in [-0.1, -0.05) is 13.8 Å². The van der Waals surface area contributed by atoms with Crippen LogP contribution in [0.5, 0.6) is 0 Å². The number of hydrogen-bond acceptors (Lipinski definition) is 4. The van der Waals surface area contributed by atoms with Crippen molar-refractivity contribution in [1.29, 1.82) is 0 Å². The van der Waals surface area contributed by atoms with E-state index in [9.17, 15) is 4.79 Å². The first kappa shape index (κ1) is 15.4. The Labute approximate surface area is 114 Å². The molecule has 0 aliphatic rings. The summed E-state index contributed by atoms with van der Waals surface area (Å²) in [7, 11) is 1.66. The van der Waals surface area contributed by atoms with Gasteiger partial charge in [-0.15, -0.1) is 0 Å². The molecule has 0 radical (unpaired) electrons. The zero-order valence-corrected chi connectivity index (χ0v) is 11.8. The van der Waals surface area contributed by atoms with Gasteiger partial charge in [0.15, 0.2) is 0 Å². The van der Waals surface area contributed by atoms with Crippen molar-refractivity contribution in [3.05, 3.63) is 23.9 Å². The van der Waals surface area contributed by atoms with Gasteiger partial charge in [0.1, 0.15) is 5.82 Å². The van der Waals surface area contributed by atoms with E-state index >= 15 is 0 Å². The minimum atomic E-state index is -0.931. The molecule has 5 heteroatoms. The van der Waals surface area contributed by atoms with Crippen LogP contribution in [0.3, 0.4) is 0 Å². The molecule has 1 N–H and O–H groups in total. The molecular formula is C14H22N2O3. The third-order valence-electron chi connectivity index (χ3n) is 3.21. The highest BCUT2D eigenvalue weighted by molar-refractivity contribution is 5.88. The molecule has 0 aliphatic heterocycles. The smallest absolute Gasteiger partial charge is 0.335 e. The highest BCUT2D eigenvalue weighted by atomic mass is 16.5. The fraction of sp³-hybridized carbons (Fsp3) is 0.571. The topological polar surface area (TPSA) is 62.7 Å². The number of aromatic carboxylic acids is 1. The van der Waals surface area contributed by atoms with Crippen molar-refractivity contribution in [2.75, 3.05) is 25.2 Å². The Kier molecular flexibility index (Phi) is 6.29. The number of carboxylic acids is 1. The number of ether oxygens (including phenoxy) is 1. The van der Waals surface area contributed by atoms with Crippen molar-refractivity contribution < 1.29 is 14.6 Å². The zero-order chi connectivity index (χ0) is 14.3. The Balaban J connectivity index is 3.01. The number of carbonyl (C=O) groups is 1. The van der Waals surface area contributed by atoms with E-state index in [1.54, 1.807) is 19.4 Å². The Bertz CT molecular complexity index is 405. The molecule has 0 spiro atoms. The summed E-state index contributed by atoms with van der Waals surface area (Å²) < 4.78 is 5.12.